The molecule has 4 nitrogen and oxygen atoms in total. The molecule has 1 aromatic heterocycles. The van der Waals surface area contributed by atoms with Gasteiger partial charge in [-0.05, 0) is 50.2 Å². The Morgan fingerprint density at radius 3 is 2.33 bits per heavy atom. The summed E-state index contributed by atoms with van der Waals surface area (Å²) in [5.41, 5.74) is 0.530. The van der Waals surface area contributed by atoms with Gasteiger partial charge in [-0.15, -0.1) is 0 Å². The molecule has 0 spiro atoms. The zero-order valence-corrected chi connectivity index (χ0v) is 17.0. The van der Waals surface area contributed by atoms with Crippen LogP contribution in [0.5, 0.6) is 0 Å². The van der Waals surface area contributed by atoms with Gasteiger partial charge >= 0.3 is 11.0 Å². The highest BCUT2D eigenvalue weighted by atomic mass is 32.1. The number of para-hydroxylation sites is 1. The number of alkyl halides is 3. The number of piperidine rings is 1. The molecule has 0 atom stereocenters. The molecular weight excluding hydrogens is 413 g/mol. The lowest BCUT2D eigenvalue weighted by Crippen LogP contribution is -2.38. The summed E-state index contributed by atoms with van der Waals surface area (Å²) < 4.78 is 40.8. The maximum absolute atomic E-state index is 12.7. The third kappa shape index (κ3) is 4.34. The summed E-state index contributed by atoms with van der Waals surface area (Å²) in [7, 11) is 0. The maximum Gasteiger partial charge on any atom is 0.416 e. The van der Waals surface area contributed by atoms with Gasteiger partial charge in [-0.25, -0.2) is 0 Å². The second kappa shape index (κ2) is 8.35. The first-order valence-corrected chi connectivity index (χ1v) is 10.7. The molecule has 1 aliphatic rings. The van der Waals surface area contributed by atoms with Crippen LogP contribution in [-0.2, 0) is 12.7 Å². The van der Waals surface area contributed by atoms with Crippen LogP contribution in [0.4, 0.5) is 13.2 Å². The van der Waals surface area contributed by atoms with Crippen molar-refractivity contribution in [1.82, 2.24) is 9.47 Å². The number of thiazole rings is 1. The Morgan fingerprint density at radius 2 is 1.67 bits per heavy atom. The number of nitrogens with zero attached hydrogens (tertiary/aromatic N) is 2. The van der Waals surface area contributed by atoms with Gasteiger partial charge in [-0.2, -0.15) is 13.2 Å². The molecule has 158 valence electrons. The SMILES string of the molecule is O=C(c1ccc(C(F)(F)F)cc1)C1CCN(CCn2c(=O)sc3ccccc32)CC1. The number of ketones is 1. The molecule has 0 saturated carbocycles. The van der Waals surface area contributed by atoms with E-state index in [0.717, 1.165) is 42.0 Å². The Labute approximate surface area is 175 Å². The van der Waals surface area contributed by atoms with Crippen LogP contribution in [0, 0.1) is 5.92 Å². The molecule has 8 heteroatoms. The van der Waals surface area contributed by atoms with Gasteiger partial charge in [-0.3, -0.25) is 14.2 Å². The average molecular weight is 434 g/mol. The molecule has 0 bridgehead atoms. The number of carbonyl (C=O) groups is 1. The quantitative estimate of drug-likeness (QED) is 0.548. The Hall–Kier alpha value is -2.45. The molecule has 1 saturated heterocycles. The molecule has 0 unspecified atom stereocenters. The second-order valence-corrected chi connectivity index (χ2v) is 8.54. The molecule has 1 fully saturated rings. The zero-order chi connectivity index (χ0) is 21.3. The van der Waals surface area contributed by atoms with E-state index in [9.17, 15) is 22.8 Å². The zero-order valence-electron chi connectivity index (χ0n) is 16.2. The lowest BCUT2D eigenvalue weighted by molar-refractivity contribution is -0.137. The van der Waals surface area contributed by atoms with Crippen LogP contribution in [0.3, 0.4) is 0 Å². The fourth-order valence-electron chi connectivity index (χ4n) is 3.95. The number of aromatic nitrogens is 1. The van der Waals surface area contributed by atoms with Gasteiger partial charge in [0.05, 0.1) is 15.8 Å². The van der Waals surface area contributed by atoms with Gasteiger partial charge in [-0.1, -0.05) is 35.6 Å². The number of benzene rings is 2. The summed E-state index contributed by atoms with van der Waals surface area (Å²) in [6.07, 6.45) is -3.07. The third-order valence-corrected chi connectivity index (χ3v) is 6.63. The first kappa shape index (κ1) is 20.8. The van der Waals surface area contributed by atoms with E-state index in [4.69, 9.17) is 0 Å². The Balaban J connectivity index is 1.33. The predicted octanol–water partition coefficient (Wildman–Crippen LogP) is 4.68. The fraction of sp³-hybridized carbons (Fsp3) is 0.364. The average Bonchev–Trinajstić information content (AvgIpc) is 3.06. The van der Waals surface area contributed by atoms with E-state index in [1.165, 1.54) is 23.5 Å². The molecule has 0 amide bonds. The number of likely N-dealkylation sites (tertiary alicyclic amines) is 1. The molecule has 0 aliphatic carbocycles. The van der Waals surface area contributed by atoms with Crippen LogP contribution < -0.4 is 4.87 Å². The van der Waals surface area contributed by atoms with Gasteiger partial charge < -0.3 is 4.90 Å². The first-order chi connectivity index (χ1) is 14.3. The van der Waals surface area contributed by atoms with Crippen LogP contribution in [0.25, 0.3) is 10.2 Å². The highest BCUT2D eigenvalue weighted by Crippen LogP contribution is 2.30. The monoisotopic (exact) mass is 434 g/mol. The van der Waals surface area contributed by atoms with E-state index in [2.05, 4.69) is 4.90 Å². The molecule has 2 aromatic carbocycles. The van der Waals surface area contributed by atoms with Crippen molar-refractivity contribution >= 4 is 27.3 Å². The smallest absolute Gasteiger partial charge is 0.302 e. The van der Waals surface area contributed by atoms with Gasteiger partial charge in [0, 0.05) is 24.6 Å². The van der Waals surface area contributed by atoms with Crippen LogP contribution in [0.1, 0.15) is 28.8 Å². The summed E-state index contributed by atoms with van der Waals surface area (Å²) in [6.45, 7) is 2.78. The summed E-state index contributed by atoms with van der Waals surface area (Å²) in [6, 6.07) is 12.2. The number of carbonyl (C=O) groups excluding carboxylic acids is 1. The summed E-state index contributed by atoms with van der Waals surface area (Å²) in [5, 5.41) is 0. The van der Waals surface area contributed by atoms with Crippen molar-refractivity contribution in [2.24, 2.45) is 5.92 Å². The highest BCUT2D eigenvalue weighted by Gasteiger charge is 2.31. The topological polar surface area (TPSA) is 42.3 Å². The highest BCUT2D eigenvalue weighted by molar-refractivity contribution is 7.16. The van der Waals surface area contributed by atoms with Crippen molar-refractivity contribution in [2.75, 3.05) is 19.6 Å². The molecule has 0 radical (unpaired) electrons. The normalized spacial score (nSPS) is 16.2. The minimum absolute atomic E-state index is 0.0311. The molecule has 4 rings (SSSR count). The second-order valence-electron chi connectivity index (χ2n) is 7.54. The van der Waals surface area contributed by atoms with Crippen molar-refractivity contribution in [1.29, 1.82) is 0 Å². The van der Waals surface area contributed by atoms with Crippen molar-refractivity contribution in [3.63, 3.8) is 0 Å². The van der Waals surface area contributed by atoms with E-state index < -0.39 is 11.7 Å². The summed E-state index contributed by atoms with van der Waals surface area (Å²) >= 11 is 1.24. The van der Waals surface area contributed by atoms with Gasteiger partial charge in [0.2, 0.25) is 0 Å². The van der Waals surface area contributed by atoms with Crippen LogP contribution in [0.2, 0.25) is 0 Å². The molecular formula is C22H21F3N2O2S. The lowest BCUT2D eigenvalue weighted by Gasteiger charge is -2.31. The van der Waals surface area contributed by atoms with Crippen molar-refractivity contribution in [3.8, 4) is 0 Å². The van der Waals surface area contributed by atoms with Crippen molar-refractivity contribution in [2.45, 2.75) is 25.6 Å². The fourth-order valence-corrected chi connectivity index (χ4v) is 4.86. The third-order valence-electron chi connectivity index (χ3n) is 5.67. The van der Waals surface area contributed by atoms with Crippen LogP contribution in [-0.4, -0.2) is 34.9 Å². The molecule has 3 aromatic rings. The molecule has 1 aliphatic heterocycles. The van der Waals surface area contributed by atoms with Gasteiger partial charge in [0.1, 0.15) is 0 Å². The number of rotatable bonds is 5. The molecule has 2 heterocycles. The lowest BCUT2D eigenvalue weighted by atomic mass is 9.88. The number of halogens is 3. The summed E-state index contributed by atoms with van der Waals surface area (Å²) in [4.78, 5) is 27.2. The number of hydrogen-bond acceptors (Lipinski definition) is 4. The van der Waals surface area contributed by atoms with Crippen molar-refractivity contribution < 1.29 is 18.0 Å². The van der Waals surface area contributed by atoms with Gasteiger partial charge in [0.25, 0.3) is 0 Å². The first-order valence-electron chi connectivity index (χ1n) is 9.85. The number of Topliss-reactive ketones (excluding diaryl/α,β-unsaturated/α-hetero) is 1. The van der Waals surface area contributed by atoms with Crippen molar-refractivity contribution in [3.05, 3.63) is 69.3 Å². The maximum atomic E-state index is 12.7. The van der Waals surface area contributed by atoms with E-state index >= 15 is 0 Å². The Bertz CT molecular complexity index is 1090. The number of hydrogen-bond donors (Lipinski definition) is 0. The Morgan fingerprint density at radius 1 is 1.00 bits per heavy atom. The largest absolute Gasteiger partial charge is 0.416 e. The van der Waals surface area contributed by atoms with Crippen LogP contribution >= 0.6 is 11.3 Å². The minimum Gasteiger partial charge on any atom is -0.302 e. The molecule has 30 heavy (non-hydrogen) atoms. The van der Waals surface area contributed by atoms with Crippen LogP contribution in [0.15, 0.2) is 53.3 Å². The minimum atomic E-state index is -4.40. The molecule has 0 N–H and O–H groups in total. The number of fused-ring (bicyclic) bond motifs is 1. The van der Waals surface area contributed by atoms with E-state index in [0.29, 0.717) is 24.9 Å². The van der Waals surface area contributed by atoms with Gasteiger partial charge in [0.15, 0.2) is 5.78 Å². The van der Waals surface area contributed by atoms with E-state index in [1.54, 1.807) is 4.57 Å². The standard InChI is InChI=1S/C22H21F3N2O2S/c23-22(24,25)17-7-5-15(6-8-17)20(28)16-9-11-26(12-10-16)13-14-27-18-3-1-2-4-19(18)30-21(27)29/h1-8,16H,9-14H2. The summed E-state index contributed by atoms with van der Waals surface area (Å²) in [5.74, 6) is -0.272. The Kier molecular flexibility index (Phi) is 5.79. The predicted molar refractivity (Wildman–Crippen MR) is 111 cm³/mol. The van der Waals surface area contributed by atoms with E-state index in [1.807, 2.05) is 24.3 Å². The van der Waals surface area contributed by atoms with E-state index in [-0.39, 0.29) is 16.6 Å².